The molecule has 0 aromatic carbocycles. The molecule has 0 amide bonds. The van der Waals surface area contributed by atoms with E-state index in [0.717, 1.165) is 70.6 Å². The molecule has 0 aliphatic carbocycles. The van der Waals surface area contributed by atoms with E-state index in [4.69, 9.17) is 18.9 Å². The Morgan fingerprint density at radius 1 is 0.443 bits per heavy atom. The number of carboxylic acid groups (broad SMARTS) is 1. The Bertz CT molecular complexity index is 1380. The smallest absolute Gasteiger partial charge is 0.306 e. The van der Waals surface area contributed by atoms with E-state index in [1.165, 1.54) is 135 Å². The van der Waals surface area contributed by atoms with Crippen LogP contribution in [-0.2, 0) is 33.3 Å². The summed E-state index contributed by atoms with van der Waals surface area (Å²) in [5.41, 5.74) is 0. The topological polar surface area (TPSA) is 111 Å². The molecule has 0 aromatic rings. The van der Waals surface area contributed by atoms with Crippen LogP contribution < -0.4 is 5.11 Å². The summed E-state index contributed by atoms with van der Waals surface area (Å²) < 4.78 is 22.6. The fraction of sp³-hybridized carbons (Fsp3) is 0.754. The Hall–Kier alpha value is -3.27. The number of carbonyl (C=O) groups excluding carboxylic acids is 3. The highest BCUT2D eigenvalue weighted by molar-refractivity contribution is 5.70. The number of ether oxygens (including phenoxy) is 4. The molecule has 404 valence electrons. The van der Waals surface area contributed by atoms with Gasteiger partial charge in [-0.05, 0) is 64.2 Å². The quantitative estimate of drug-likeness (QED) is 0.0195. The molecule has 0 spiro atoms. The molecule has 2 atom stereocenters. The van der Waals surface area contributed by atoms with Crippen molar-refractivity contribution < 1.29 is 42.9 Å². The lowest BCUT2D eigenvalue weighted by molar-refractivity contribution is -0.870. The van der Waals surface area contributed by atoms with E-state index in [1.807, 2.05) is 21.1 Å². The second kappa shape index (κ2) is 52.1. The van der Waals surface area contributed by atoms with Gasteiger partial charge in [-0.25, -0.2) is 0 Å². The van der Waals surface area contributed by atoms with E-state index in [1.54, 1.807) is 0 Å². The number of unbranched alkanes of at least 4 members (excludes halogenated alkanes) is 25. The van der Waals surface area contributed by atoms with Crippen molar-refractivity contribution in [1.29, 1.82) is 0 Å². The Morgan fingerprint density at radius 2 is 0.814 bits per heavy atom. The van der Waals surface area contributed by atoms with Crippen molar-refractivity contribution in [2.45, 2.75) is 251 Å². The monoisotopic (exact) mass is 982 g/mol. The number of hydrogen-bond acceptors (Lipinski definition) is 8. The number of hydrogen-bond donors (Lipinski definition) is 0. The molecule has 9 heteroatoms. The third kappa shape index (κ3) is 52.6. The van der Waals surface area contributed by atoms with Gasteiger partial charge in [0.15, 0.2) is 12.4 Å². The first kappa shape index (κ1) is 66.7. The second-order valence-corrected chi connectivity index (χ2v) is 20.2. The predicted molar refractivity (Wildman–Crippen MR) is 292 cm³/mol. The summed E-state index contributed by atoms with van der Waals surface area (Å²) in [5, 5.41) is 11.7. The van der Waals surface area contributed by atoms with Crippen LogP contribution in [0.1, 0.15) is 239 Å². The Balaban J connectivity index is 4.04. The molecule has 0 rings (SSSR count). The summed E-state index contributed by atoms with van der Waals surface area (Å²) in [6.45, 7) is 4.62. The molecule has 0 heterocycles. The highest BCUT2D eigenvalue weighted by atomic mass is 16.7. The molecule has 0 N–H and O–H groups in total. The summed E-state index contributed by atoms with van der Waals surface area (Å²) in [6, 6.07) is 0. The minimum Gasteiger partial charge on any atom is -0.545 e. The summed E-state index contributed by atoms with van der Waals surface area (Å²) in [5.74, 6) is -2.28. The van der Waals surface area contributed by atoms with Gasteiger partial charge in [0, 0.05) is 12.8 Å². The molecular weight excluding hydrogens is 875 g/mol. The third-order valence-electron chi connectivity index (χ3n) is 12.2. The lowest BCUT2D eigenvalue weighted by atomic mass is 10.0. The number of nitrogens with zero attached hydrogens (tertiary/aromatic N) is 1. The van der Waals surface area contributed by atoms with E-state index in [0.29, 0.717) is 23.9 Å². The molecule has 0 aliphatic heterocycles. The number of aliphatic carboxylic acids is 1. The zero-order valence-corrected chi connectivity index (χ0v) is 45.9. The largest absolute Gasteiger partial charge is 0.545 e. The average Bonchev–Trinajstić information content (AvgIpc) is 3.33. The van der Waals surface area contributed by atoms with Gasteiger partial charge in [0.25, 0.3) is 0 Å². The van der Waals surface area contributed by atoms with E-state index < -0.39 is 24.3 Å². The molecule has 0 aliphatic rings. The standard InChI is InChI=1S/C61H107NO8/c1-6-8-10-12-14-16-18-19-20-21-22-23-24-25-26-27-28-29-30-31-32-33-34-35-36-37-38-39-40-41-42-44-46-48-50-52-59(64)70-57(56-69-61(60(65)66)67-54-53-62(3,4)5)55-68-58(63)51-49-47-45-43-17-15-13-11-9-7-2/h8,10,14,16,19-20,22-23,25-26,28-29,57,61H,6-7,9,11-13,15,17-18,21,24,27,30-56H2,1-5H3/b10-8-,16-14-,20-19-,23-22-,26-25-,29-28-. The van der Waals surface area contributed by atoms with Crippen LogP contribution in [0.15, 0.2) is 72.9 Å². The van der Waals surface area contributed by atoms with Crippen molar-refractivity contribution >= 4 is 17.9 Å². The Labute approximate surface area is 430 Å². The molecule has 0 fully saturated rings. The zero-order valence-electron chi connectivity index (χ0n) is 45.9. The lowest BCUT2D eigenvalue weighted by Gasteiger charge is -2.26. The number of allylic oxidation sites excluding steroid dienone is 12. The number of carbonyl (C=O) groups is 3. The fourth-order valence-electron chi connectivity index (χ4n) is 7.83. The molecule has 9 nitrogen and oxygen atoms in total. The fourth-order valence-corrected chi connectivity index (χ4v) is 7.83. The summed E-state index contributed by atoms with van der Waals surface area (Å²) >= 11 is 0. The highest BCUT2D eigenvalue weighted by Gasteiger charge is 2.22. The first-order valence-corrected chi connectivity index (χ1v) is 28.6. The van der Waals surface area contributed by atoms with Gasteiger partial charge < -0.3 is 33.3 Å². The Kier molecular flexibility index (Phi) is 49.6. The van der Waals surface area contributed by atoms with Crippen LogP contribution >= 0.6 is 0 Å². The van der Waals surface area contributed by atoms with Gasteiger partial charge in [0.2, 0.25) is 0 Å². The van der Waals surface area contributed by atoms with Crippen LogP contribution in [0, 0.1) is 0 Å². The minimum absolute atomic E-state index is 0.148. The van der Waals surface area contributed by atoms with E-state index in [-0.39, 0.29) is 32.2 Å². The van der Waals surface area contributed by atoms with Crippen molar-refractivity contribution in [2.75, 3.05) is 47.5 Å². The van der Waals surface area contributed by atoms with Crippen LogP contribution in [0.3, 0.4) is 0 Å². The summed E-state index contributed by atoms with van der Waals surface area (Å²) in [6.07, 6.45) is 64.0. The molecule has 70 heavy (non-hydrogen) atoms. The van der Waals surface area contributed by atoms with Crippen molar-refractivity contribution in [1.82, 2.24) is 0 Å². The number of rotatable bonds is 52. The average molecular weight is 983 g/mol. The summed E-state index contributed by atoms with van der Waals surface area (Å²) in [4.78, 5) is 37.1. The van der Waals surface area contributed by atoms with E-state index in [9.17, 15) is 19.5 Å². The van der Waals surface area contributed by atoms with Crippen LogP contribution in [0.2, 0.25) is 0 Å². The molecular formula is C61H107NO8. The predicted octanol–water partition coefficient (Wildman–Crippen LogP) is 15.3. The summed E-state index contributed by atoms with van der Waals surface area (Å²) in [7, 11) is 5.92. The van der Waals surface area contributed by atoms with Crippen molar-refractivity contribution in [3.05, 3.63) is 72.9 Å². The van der Waals surface area contributed by atoms with Gasteiger partial charge in [0.1, 0.15) is 13.2 Å². The first-order valence-electron chi connectivity index (χ1n) is 28.6. The van der Waals surface area contributed by atoms with Crippen LogP contribution in [0.25, 0.3) is 0 Å². The number of quaternary nitrogens is 1. The SMILES string of the molecule is CC/C=C\C/C=C\C/C=C\C/C=C\C/C=C\C/C=C\CCCCCCCCCCCCCCCCCCC(=O)OC(COC(=O)CCCCCCCCCCCC)COC(OCC[N+](C)(C)C)C(=O)[O-]. The molecule has 0 saturated carbocycles. The molecule has 2 unspecified atom stereocenters. The lowest BCUT2D eigenvalue weighted by Crippen LogP contribution is -2.44. The van der Waals surface area contributed by atoms with Crippen molar-refractivity contribution in [2.24, 2.45) is 0 Å². The number of carboxylic acids is 1. The zero-order chi connectivity index (χ0) is 51.3. The van der Waals surface area contributed by atoms with E-state index >= 15 is 0 Å². The normalized spacial score (nSPS) is 13.3. The van der Waals surface area contributed by atoms with Crippen molar-refractivity contribution in [3.8, 4) is 0 Å². The van der Waals surface area contributed by atoms with Crippen LogP contribution in [-0.4, -0.2) is 82.3 Å². The van der Waals surface area contributed by atoms with Gasteiger partial charge in [-0.3, -0.25) is 9.59 Å². The second-order valence-electron chi connectivity index (χ2n) is 20.2. The van der Waals surface area contributed by atoms with Gasteiger partial charge >= 0.3 is 11.9 Å². The number of esters is 2. The molecule has 0 saturated heterocycles. The first-order chi connectivity index (χ1) is 34.1. The van der Waals surface area contributed by atoms with Crippen molar-refractivity contribution in [3.63, 3.8) is 0 Å². The molecule has 0 aromatic heterocycles. The maximum atomic E-state index is 12.8. The highest BCUT2D eigenvalue weighted by Crippen LogP contribution is 2.16. The van der Waals surface area contributed by atoms with Gasteiger partial charge in [-0.15, -0.1) is 0 Å². The van der Waals surface area contributed by atoms with Gasteiger partial charge in [-0.1, -0.05) is 234 Å². The number of likely N-dealkylation sites (N-methyl/N-ethyl adjacent to an activating group) is 1. The van der Waals surface area contributed by atoms with Crippen LogP contribution in [0.5, 0.6) is 0 Å². The molecule has 0 radical (unpaired) electrons. The molecule has 0 bridgehead atoms. The van der Waals surface area contributed by atoms with E-state index in [2.05, 4.69) is 86.8 Å². The maximum Gasteiger partial charge on any atom is 0.306 e. The maximum absolute atomic E-state index is 12.8. The van der Waals surface area contributed by atoms with Gasteiger partial charge in [0.05, 0.1) is 40.3 Å². The minimum atomic E-state index is -1.62. The van der Waals surface area contributed by atoms with Gasteiger partial charge in [-0.2, -0.15) is 0 Å². The van der Waals surface area contributed by atoms with Crippen LogP contribution in [0.4, 0.5) is 0 Å². The Morgan fingerprint density at radius 3 is 1.21 bits per heavy atom. The third-order valence-corrected chi connectivity index (χ3v) is 12.2.